The van der Waals surface area contributed by atoms with Crippen LogP contribution < -0.4 is 14.2 Å². The molecule has 14 heteroatoms. The molecule has 2 aromatic rings. The van der Waals surface area contributed by atoms with E-state index >= 15 is 0 Å². The molecule has 1 saturated carbocycles. The van der Waals surface area contributed by atoms with Crippen LogP contribution >= 0.6 is 23.2 Å². The number of carbonyl (C=O) groups excluding carboxylic acids is 1. The summed E-state index contributed by atoms with van der Waals surface area (Å²) in [6.07, 6.45) is 4.72. The molecule has 2 atom stereocenters. The molecule has 0 spiro atoms. The van der Waals surface area contributed by atoms with E-state index in [-0.39, 0.29) is 40.9 Å². The van der Waals surface area contributed by atoms with E-state index in [0.717, 1.165) is 35.8 Å². The van der Waals surface area contributed by atoms with Crippen molar-refractivity contribution in [3.63, 3.8) is 0 Å². The minimum atomic E-state index is -3.66. The number of carbonyl (C=O) groups is 1. The molecule has 2 aliphatic rings. The molecule has 208 valence electrons. The van der Waals surface area contributed by atoms with Gasteiger partial charge in [-0.2, -0.15) is 17.8 Å². The molecule has 1 aliphatic heterocycles. The third-order valence-electron chi connectivity index (χ3n) is 6.33. The summed E-state index contributed by atoms with van der Waals surface area (Å²) >= 11 is 12.5. The van der Waals surface area contributed by atoms with E-state index in [1.54, 1.807) is 0 Å². The standard InChI is InChI=1S/C24H26Cl2F2N2O7S/c1-38(33,34)30-8-2-3-19(30)23(31)36-21(10-16-17(25)11-29(32)12-18(16)26)15-6-7-20(37-24(27)28)22(9-15)35-13-14-4-5-14/h6-7,9,11-12,14,19,21,24H,2-5,8,10,13H2,1H3/t19-,21-/m0/s1. The third kappa shape index (κ3) is 7.16. The Labute approximate surface area is 228 Å². The molecule has 4 rings (SSSR count). The highest BCUT2D eigenvalue weighted by Crippen LogP contribution is 2.38. The average Bonchev–Trinajstić information content (AvgIpc) is 3.50. The van der Waals surface area contributed by atoms with Gasteiger partial charge in [-0.15, -0.1) is 0 Å². The van der Waals surface area contributed by atoms with Crippen LogP contribution in [-0.4, -0.2) is 50.8 Å². The summed E-state index contributed by atoms with van der Waals surface area (Å²) in [4.78, 5) is 13.2. The SMILES string of the molecule is CS(=O)(=O)N1CCC[C@H]1C(=O)O[C@@H](Cc1c(Cl)c[n+]([O-])cc1Cl)c1ccc(OC(F)F)c(OCC2CC2)c1. The number of sulfonamides is 1. The Morgan fingerprint density at radius 2 is 1.87 bits per heavy atom. The van der Waals surface area contributed by atoms with Crippen LogP contribution in [0.15, 0.2) is 30.6 Å². The Morgan fingerprint density at radius 1 is 1.18 bits per heavy atom. The fourth-order valence-corrected chi connectivity index (χ4v) is 5.97. The van der Waals surface area contributed by atoms with Gasteiger partial charge < -0.3 is 19.4 Å². The van der Waals surface area contributed by atoms with Gasteiger partial charge in [0.2, 0.25) is 10.0 Å². The van der Waals surface area contributed by atoms with Crippen molar-refractivity contribution in [3.8, 4) is 11.5 Å². The van der Waals surface area contributed by atoms with Gasteiger partial charge in [0.1, 0.15) is 22.2 Å². The molecular weight excluding hydrogens is 569 g/mol. The van der Waals surface area contributed by atoms with Gasteiger partial charge in [0.15, 0.2) is 23.9 Å². The number of rotatable bonds is 11. The lowest BCUT2D eigenvalue weighted by atomic mass is 10.0. The maximum Gasteiger partial charge on any atom is 0.387 e. The second kappa shape index (κ2) is 11.8. The van der Waals surface area contributed by atoms with Gasteiger partial charge >= 0.3 is 12.6 Å². The van der Waals surface area contributed by atoms with Gasteiger partial charge in [0, 0.05) is 18.5 Å². The number of halogens is 4. The lowest BCUT2D eigenvalue weighted by molar-refractivity contribution is -0.605. The smallest absolute Gasteiger partial charge is 0.387 e. The van der Waals surface area contributed by atoms with Gasteiger partial charge in [0.25, 0.3) is 0 Å². The van der Waals surface area contributed by atoms with Gasteiger partial charge in [-0.3, -0.25) is 4.79 Å². The molecule has 1 aromatic carbocycles. The molecule has 1 saturated heterocycles. The fourth-order valence-electron chi connectivity index (χ4n) is 4.25. The summed E-state index contributed by atoms with van der Waals surface area (Å²) in [6.45, 7) is -2.59. The maximum absolute atomic E-state index is 13.2. The molecule has 0 bridgehead atoms. The summed E-state index contributed by atoms with van der Waals surface area (Å²) in [6, 6.07) is 3.12. The molecule has 1 aromatic heterocycles. The van der Waals surface area contributed by atoms with Crippen LogP contribution in [0, 0.1) is 11.1 Å². The number of hydrogen-bond donors (Lipinski definition) is 0. The summed E-state index contributed by atoms with van der Waals surface area (Å²) in [5.41, 5.74) is 0.652. The van der Waals surface area contributed by atoms with E-state index in [4.69, 9.17) is 32.7 Å². The molecule has 0 unspecified atom stereocenters. The van der Waals surface area contributed by atoms with Crippen LogP contribution in [0.1, 0.15) is 42.9 Å². The maximum atomic E-state index is 13.2. The topological polar surface area (TPSA) is 109 Å². The summed E-state index contributed by atoms with van der Waals surface area (Å²) in [5, 5.41) is 11.8. The predicted molar refractivity (Wildman–Crippen MR) is 134 cm³/mol. The zero-order valence-corrected chi connectivity index (χ0v) is 22.6. The first kappa shape index (κ1) is 28.6. The summed E-state index contributed by atoms with van der Waals surface area (Å²) in [7, 11) is -3.66. The lowest BCUT2D eigenvalue weighted by Crippen LogP contribution is -2.41. The Morgan fingerprint density at radius 3 is 2.47 bits per heavy atom. The van der Waals surface area contributed by atoms with Crippen LogP contribution in [0.25, 0.3) is 0 Å². The number of nitrogens with zero attached hydrogens (tertiary/aromatic N) is 2. The predicted octanol–water partition coefficient (Wildman–Crippen LogP) is 4.27. The van der Waals surface area contributed by atoms with Crippen molar-refractivity contribution >= 4 is 39.2 Å². The van der Waals surface area contributed by atoms with Crippen molar-refractivity contribution in [2.45, 2.75) is 50.9 Å². The minimum Gasteiger partial charge on any atom is -0.619 e. The normalized spacial score (nSPS) is 18.9. The number of hydrogen-bond acceptors (Lipinski definition) is 7. The quantitative estimate of drug-likeness (QED) is 0.217. The zero-order chi connectivity index (χ0) is 27.6. The number of ether oxygens (including phenoxy) is 3. The fraction of sp³-hybridized carbons (Fsp3) is 0.500. The number of aromatic nitrogens is 1. The van der Waals surface area contributed by atoms with E-state index in [1.807, 2.05) is 0 Å². The van der Waals surface area contributed by atoms with Crippen molar-refractivity contribution in [1.29, 1.82) is 0 Å². The van der Waals surface area contributed by atoms with Gasteiger partial charge in [-0.05, 0) is 49.3 Å². The molecule has 9 nitrogen and oxygen atoms in total. The first-order chi connectivity index (χ1) is 17.9. The number of pyridine rings is 1. The monoisotopic (exact) mass is 594 g/mol. The first-order valence-electron chi connectivity index (χ1n) is 11.9. The number of alkyl halides is 2. The third-order valence-corrected chi connectivity index (χ3v) is 8.27. The zero-order valence-electron chi connectivity index (χ0n) is 20.3. The first-order valence-corrected chi connectivity index (χ1v) is 14.5. The second-order valence-electron chi connectivity index (χ2n) is 9.29. The summed E-state index contributed by atoms with van der Waals surface area (Å²) < 4.78 is 68.0. The van der Waals surface area contributed by atoms with Crippen LogP contribution in [0.5, 0.6) is 11.5 Å². The van der Waals surface area contributed by atoms with E-state index < -0.39 is 34.7 Å². The number of benzene rings is 1. The van der Waals surface area contributed by atoms with Crippen LogP contribution in [0.2, 0.25) is 10.0 Å². The minimum absolute atomic E-state index is 0.0232. The van der Waals surface area contributed by atoms with E-state index in [2.05, 4.69) is 4.74 Å². The highest BCUT2D eigenvalue weighted by atomic mass is 35.5. The number of esters is 1. The Kier molecular flexibility index (Phi) is 8.85. The molecule has 0 amide bonds. The van der Waals surface area contributed by atoms with Crippen molar-refractivity contribution < 1.29 is 40.9 Å². The van der Waals surface area contributed by atoms with Crippen molar-refractivity contribution in [2.24, 2.45) is 5.92 Å². The average molecular weight is 595 g/mol. The van der Waals surface area contributed by atoms with Crippen molar-refractivity contribution in [2.75, 3.05) is 19.4 Å². The molecule has 1 aliphatic carbocycles. The molecule has 2 fully saturated rings. The van der Waals surface area contributed by atoms with E-state index in [1.165, 1.54) is 18.2 Å². The Hall–Kier alpha value is -2.41. The molecule has 2 heterocycles. The highest BCUT2D eigenvalue weighted by Gasteiger charge is 2.39. The van der Waals surface area contributed by atoms with Crippen LogP contribution in [0.4, 0.5) is 8.78 Å². The Bertz CT molecular complexity index is 1270. The molecule has 0 radical (unpaired) electrons. The molecule has 38 heavy (non-hydrogen) atoms. The molecule has 0 N–H and O–H groups in total. The van der Waals surface area contributed by atoms with Crippen molar-refractivity contribution in [3.05, 3.63) is 57.0 Å². The highest BCUT2D eigenvalue weighted by molar-refractivity contribution is 7.88. The van der Waals surface area contributed by atoms with E-state index in [0.29, 0.717) is 34.8 Å². The molecular formula is C24H26Cl2F2N2O7S. The second-order valence-corrected chi connectivity index (χ2v) is 12.0. The van der Waals surface area contributed by atoms with E-state index in [9.17, 15) is 27.2 Å². The Balaban J connectivity index is 1.68. The van der Waals surface area contributed by atoms with Gasteiger partial charge in [-0.25, -0.2) is 8.42 Å². The lowest BCUT2D eigenvalue weighted by Gasteiger charge is -2.25. The van der Waals surface area contributed by atoms with Crippen molar-refractivity contribution in [1.82, 2.24) is 4.31 Å². The van der Waals surface area contributed by atoms with Crippen LogP contribution in [-0.2, 0) is 26.0 Å². The van der Waals surface area contributed by atoms with Gasteiger partial charge in [0.05, 0.1) is 12.9 Å². The largest absolute Gasteiger partial charge is 0.619 e. The van der Waals surface area contributed by atoms with Crippen LogP contribution in [0.3, 0.4) is 0 Å². The summed E-state index contributed by atoms with van der Waals surface area (Å²) in [5.74, 6) is -0.612. The van der Waals surface area contributed by atoms with Gasteiger partial charge in [-0.1, -0.05) is 29.3 Å².